The van der Waals surface area contributed by atoms with Crippen molar-refractivity contribution in [3.05, 3.63) is 512 Å². The van der Waals surface area contributed by atoms with Crippen molar-refractivity contribution >= 4 is 217 Å². The molecule has 9 nitrogen and oxygen atoms in total. The van der Waals surface area contributed by atoms with Crippen LogP contribution in [0.3, 0.4) is 0 Å². The van der Waals surface area contributed by atoms with Gasteiger partial charge in [0.1, 0.15) is 28.1 Å². The Balaban J connectivity index is 0.0000000959. The highest BCUT2D eigenvalue weighted by Crippen LogP contribution is 2.46. The molecule has 0 saturated heterocycles. The Labute approximate surface area is 857 Å². The minimum absolute atomic E-state index is 0.891. The first-order valence-corrected chi connectivity index (χ1v) is 50.6. The molecule has 0 bridgehead atoms. The number of aromatic nitrogens is 6. The summed E-state index contributed by atoms with van der Waals surface area (Å²) in [4.78, 5) is 1.31. The van der Waals surface area contributed by atoms with Crippen LogP contribution in [0.5, 0.6) is 0 Å². The minimum Gasteiger partial charge on any atom is -0.464 e. The summed E-state index contributed by atoms with van der Waals surface area (Å²) in [5, 5.41) is 21.7. The first-order valence-electron chi connectivity index (χ1n) is 49.8. The van der Waals surface area contributed by atoms with Crippen LogP contribution in [-0.4, -0.2) is 27.4 Å². The van der Waals surface area contributed by atoms with E-state index in [0.29, 0.717) is 0 Å². The van der Waals surface area contributed by atoms with Gasteiger partial charge >= 0.3 is 0 Å². The van der Waals surface area contributed by atoms with E-state index in [2.05, 4.69) is 496 Å². The number of fused-ring (bicyclic) bond motifs is 24. The predicted octanol–water partition coefficient (Wildman–Crippen LogP) is 39.4. The van der Waals surface area contributed by atoms with Gasteiger partial charge in [-0.05, 0) is 230 Å². The van der Waals surface area contributed by atoms with Crippen molar-refractivity contribution in [3.8, 4) is 94.2 Å². The largest absolute Gasteiger partial charge is 0.464 e. The molecule has 0 N–H and O–H groups in total. The zero-order chi connectivity index (χ0) is 99.0. The lowest BCUT2D eigenvalue weighted by Crippen LogP contribution is -1.92. The van der Waals surface area contributed by atoms with Gasteiger partial charge in [0, 0.05) is 144 Å². The molecule has 0 atom stereocenters. The van der Waals surface area contributed by atoms with Gasteiger partial charge in [0.05, 0.1) is 72.5 Å². The second-order valence-electron chi connectivity index (χ2n) is 37.2. The van der Waals surface area contributed by atoms with Crippen LogP contribution < -0.4 is 0 Å². The predicted molar refractivity (Wildman–Crippen MR) is 632 cm³/mol. The molecule has 0 radical (unpaired) electrons. The molecule has 30 aromatic rings. The third-order valence-electron chi connectivity index (χ3n) is 29.2. The Morgan fingerprint density at radius 1 is 0.189 bits per heavy atom. The Morgan fingerprint density at radius 3 is 0.885 bits per heavy atom. The first-order chi connectivity index (χ1) is 73.2. The molecule has 10 heterocycles. The Bertz CT molecular complexity index is 10300. The number of hydrogen-bond acceptors (Lipinski definition) is 4. The summed E-state index contributed by atoms with van der Waals surface area (Å²) in [7, 11) is 0. The maximum absolute atomic E-state index is 6.29. The van der Waals surface area contributed by atoms with E-state index in [1.807, 2.05) is 67.4 Å². The summed E-state index contributed by atoms with van der Waals surface area (Å²) in [5.41, 5.74) is 35.7. The zero-order valence-corrected chi connectivity index (χ0v) is 81.7. The van der Waals surface area contributed by atoms with Crippen LogP contribution in [0.4, 0.5) is 0 Å². The fourth-order valence-electron chi connectivity index (χ4n) is 22.3. The minimum atomic E-state index is 0.891. The van der Waals surface area contributed by atoms with Crippen molar-refractivity contribution in [2.75, 3.05) is 0 Å². The van der Waals surface area contributed by atoms with Gasteiger partial charge in [0.2, 0.25) is 0 Å². The lowest BCUT2D eigenvalue weighted by atomic mass is 9.97. The van der Waals surface area contributed by atoms with Crippen LogP contribution in [0.1, 0.15) is 0 Å². The van der Waals surface area contributed by atoms with Crippen LogP contribution in [-0.2, 0) is 0 Å². The molecule has 0 unspecified atom stereocenters. The van der Waals surface area contributed by atoms with Gasteiger partial charge in [-0.25, -0.2) is 0 Å². The molecule has 0 spiro atoms. The Kier molecular flexibility index (Phi) is 22.4. The monoisotopic (exact) mass is 1910 g/mol. The second-order valence-corrected chi connectivity index (χ2v) is 38.1. The molecule has 10 heteroatoms. The molecular formula is C138H94N6O3S. The van der Waals surface area contributed by atoms with Gasteiger partial charge in [-0.1, -0.05) is 336 Å². The molecule has 10 aromatic heterocycles. The van der Waals surface area contributed by atoms with Gasteiger partial charge in [0.15, 0.2) is 0 Å². The SMILES string of the molecule is C=Cn1c2ccccc2c2cc(-c3ccc(-c4ccc5c(c4)c4ccccc4n5-c4ccccc4)cc3)ccc21.C=Cn1c2ccccc2c2cc(-c3ccc(-c4cccc5c4oc4ccccc45)cc3)ccc21.C=Cn1c2ccccc2c2cc(-c3cccc(-c4cccc5c4oc4ccccc45)c3)ccc21.C=Cn1c2ccccc2c2cc(-c3ccco3)ccc21.C=Cn1c2ccccc2c2cc(-c3cccs3)ccc21. The molecule has 0 amide bonds. The number of furan rings is 3. The van der Waals surface area contributed by atoms with Crippen molar-refractivity contribution in [1.82, 2.24) is 27.4 Å². The fraction of sp³-hybridized carbons (Fsp3) is 0. The maximum atomic E-state index is 6.29. The Morgan fingerprint density at radius 2 is 0.480 bits per heavy atom. The number of hydrogen-bond donors (Lipinski definition) is 0. The normalized spacial score (nSPS) is 11.5. The standard InChI is InChI=1S/C38H26N2.2C32H21NO.C18H13NO.C18H13NS/c1-2-39-35-14-8-6-12-31(35)33-24-28(20-22-36(33)39)26-16-18-27(19-17-26)29-21-23-38-34(25-29)32-13-7-9-15-37(32)40(38)30-10-4-3-5-11-30;1-2-33-29-15-5-3-11-25(29)28-20-22(17-18-30(28)33)21-9-7-10-23(19-21)24-13-8-14-27-26-12-4-6-16-31(26)34-32(24)27;1-2-33-29-12-5-3-8-25(29)28-20-23(18-19-30(28)33)21-14-16-22(17-15-21)24-10-7-11-27-26-9-4-6-13-31(26)34-32(24)27;2*1-2-19-16-7-4-3-6-14(16)15-12-13(9-10-17(15)19)18-8-5-11-20-18/h2-25H,1H2;2*2-20H,1H2;2*2-12H,1H2. The van der Waals surface area contributed by atoms with E-state index in [0.717, 1.165) is 83.0 Å². The Hall–Kier alpha value is -19.5. The molecule has 0 saturated carbocycles. The third kappa shape index (κ3) is 15.3. The summed E-state index contributed by atoms with van der Waals surface area (Å²) in [6.45, 7) is 19.9. The topological polar surface area (TPSA) is 69.0 Å². The van der Waals surface area contributed by atoms with Gasteiger partial charge in [-0.2, -0.15) is 0 Å². The van der Waals surface area contributed by atoms with Crippen molar-refractivity contribution < 1.29 is 13.3 Å². The highest BCUT2D eigenvalue weighted by molar-refractivity contribution is 7.13. The van der Waals surface area contributed by atoms with E-state index < -0.39 is 0 Å². The number of thiophene rings is 1. The average molecular weight is 1920 g/mol. The molecule has 0 fully saturated rings. The average Bonchev–Trinajstić information content (AvgIpc) is 1.59. The smallest absolute Gasteiger partial charge is 0.143 e. The van der Waals surface area contributed by atoms with Crippen molar-refractivity contribution in [2.24, 2.45) is 0 Å². The van der Waals surface area contributed by atoms with E-state index in [9.17, 15) is 0 Å². The van der Waals surface area contributed by atoms with E-state index in [1.165, 1.54) is 186 Å². The summed E-state index contributed by atoms with van der Waals surface area (Å²) < 4.78 is 31.1. The summed E-state index contributed by atoms with van der Waals surface area (Å²) in [5.74, 6) is 0.891. The fourth-order valence-corrected chi connectivity index (χ4v) is 23.0. The molecular weight excluding hydrogens is 1820 g/mol. The van der Waals surface area contributed by atoms with Crippen LogP contribution in [0, 0.1) is 0 Å². The third-order valence-corrected chi connectivity index (χ3v) is 30.1. The van der Waals surface area contributed by atoms with Crippen LogP contribution in [0.2, 0.25) is 0 Å². The van der Waals surface area contributed by atoms with E-state index in [4.69, 9.17) is 13.3 Å². The van der Waals surface area contributed by atoms with Crippen molar-refractivity contribution in [2.45, 2.75) is 0 Å². The summed E-state index contributed by atoms with van der Waals surface area (Å²) in [6.07, 6.45) is 11.1. The van der Waals surface area contributed by atoms with E-state index in [1.54, 1.807) is 17.6 Å². The van der Waals surface area contributed by atoms with Crippen molar-refractivity contribution in [3.63, 3.8) is 0 Å². The molecule has 0 aliphatic rings. The maximum Gasteiger partial charge on any atom is 0.143 e. The van der Waals surface area contributed by atoms with Crippen LogP contribution in [0.15, 0.2) is 525 Å². The van der Waals surface area contributed by atoms with E-state index in [-0.39, 0.29) is 0 Å². The number of nitrogens with zero attached hydrogens (tertiary/aromatic N) is 6. The quantitative estimate of drug-likeness (QED) is 0.109. The molecule has 700 valence electrons. The molecule has 148 heavy (non-hydrogen) atoms. The van der Waals surface area contributed by atoms with E-state index >= 15 is 0 Å². The lowest BCUT2D eigenvalue weighted by molar-refractivity contribution is 0.582. The highest BCUT2D eigenvalue weighted by atomic mass is 32.1. The number of rotatable bonds is 14. The summed E-state index contributed by atoms with van der Waals surface area (Å²) >= 11 is 1.78. The van der Waals surface area contributed by atoms with Gasteiger partial charge in [-0.3, -0.25) is 0 Å². The van der Waals surface area contributed by atoms with Gasteiger partial charge < -0.3 is 40.7 Å². The van der Waals surface area contributed by atoms with Crippen LogP contribution in [0.25, 0.3) is 300 Å². The van der Waals surface area contributed by atoms with Crippen LogP contribution >= 0.6 is 11.3 Å². The molecule has 0 aliphatic heterocycles. The molecule has 20 aromatic carbocycles. The van der Waals surface area contributed by atoms with Gasteiger partial charge in [0.25, 0.3) is 0 Å². The highest BCUT2D eigenvalue weighted by Gasteiger charge is 2.22. The first kappa shape index (κ1) is 88.6. The number of para-hydroxylation sites is 11. The lowest BCUT2D eigenvalue weighted by Gasteiger charge is -2.09. The zero-order valence-electron chi connectivity index (χ0n) is 80.8. The number of benzene rings is 20. The second kappa shape index (κ2) is 37.4. The van der Waals surface area contributed by atoms with Gasteiger partial charge in [-0.15, -0.1) is 11.3 Å². The molecule has 0 aliphatic carbocycles. The molecule has 30 rings (SSSR count). The summed E-state index contributed by atoms with van der Waals surface area (Å²) in [6, 6.07) is 165. The van der Waals surface area contributed by atoms with Crippen molar-refractivity contribution in [1.29, 1.82) is 0 Å².